The first-order chi connectivity index (χ1) is 5.11. The fraction of sp³-hybridized carbons (Fsp3) is 0.333. The number of rotatable bonds is 1. The van der Waals surface area contributed by atoms with Crippen molar-refractivity contribution in [3.05, 3.63) is 23.8 Å². The zero-order valence-corrected chi connectivity index (χ0v) is 8.49. The molecule has 0 aliphatic rings. The van der Waals surface area contributed by atoms with Gasteiger partial charge in [0.1, 0.15) is 0 Å². The summed E-state index contributed by atoms with van der Waals surface area (Å²) in [5, 5.41) is 0. The lowest BCUT2D eigenvalue weighted by molar-refractivity contribution is 0.838. The topological polar surface area (TPSA) is 0 Å². The second-order valence-corrected chi connectivity index (χ2v) is 3.90. The molecule has 0 nitrogen and oxygen atoms in total. The van der Waals surface area contributed by atoms with E-state index >= 15 is 0 Å². The number of benzene rings is 1. The van der Waals surface area contributed by atoms with Crippen LogP contribution in [0.4, 0.5) is 0 Å². The maximum absolute atomic E-state index is 4.35. The Kier molecular flexibility index (Phi) is 2.90. The van der Waals surface area contributed by atoms with Crippen LogP contribution in [-0.4, -0.2) is 0 Å². The van der Waals surface area contributed by atoms with E-state index in [4.69, 9.17) is 0 Å². The zero-order chi connectivity index (χ0) is 8.43. The highest BCUT2D eigenvalue weighted by Gasteiger charge is 2.02. The Morgan fingerprint density at radius 1 is 1.18 bits per heavy atom. The van der Waals surface area contributed by atoms with Crippen LogP contribution in [0.25, 0.3) is 0 Å². The zero-order valence-electron chi connectivity index (χ0n) is 6.70. The monoisotopic (exact) mass is 184 g/mol. The van der Waals surface area contributed by atoms with Crippen molar-refractivity contribution in [2.75, 3.05) is 0 Å². The normalized spacial score (nSPS) is 10.6. The van der Waals surface area contributed by atoms with Gasteiger partial charge < -0.3 is 0 Å². The molecule has 0 aliphatic carbocycles. The van der Waals surface area contributed by atoms with E-state index in [0.29, 0.717) is 5.92 Å². The number of thiol groups is 2. The first-order valence-electron chi connectivity index (χ1n) is 3.63. The molecule has 1 aromatic carbocycles. The van der Waals surface area contributed by atoms with E-state index in [1.807, 2.05) is 12.1 Å². The van der Waals surface area contributed by atoms with Gasteiger partial charge in [-0.15, -0.1) is 25.3 Å². The summed E-state index contributed by atoms with van der Waals surface area (Å²) in [6.45, 7) is 4.31. The maximum Gasteiger partial charge on any atom is 0.00754 e. The minimum absolute atomic E-state index is 0.523. The van der Waals surface area contributed by atoms with Crippen LogP contribution < -0.4 is 0 Å². The molecule has 0 fully saturated rings. The van der Waals surface area contributed by atoms with E-state index in [-0.39, 0.29) is 0 Å². The van der Waals surface area contributed by atoms with Crippen molar-refractivity contribution in [1.29, 1.82) is 0 Å². The summed E-state index contributed by atoms with van der Waals surface area (Å²) in [4.78, 5) is 2.06. The molecular formula is C9H12S2. The predicted octanol–water partition coefficient (Wildman–Crippen LogP) is 3.39. The van der Waals surface area contributed by atoms with Crippen LogP contribution in [0.2, 0.25) is 0 Å². The molecule has 1 rings (SSSR count). The van der Waals surface area contributed by atoms with E-state index in [9.17, 15) is 0 Å². The summed E-state index contributed by atoms with van der Waals surface area (Å²) in [5.74, 6) is 0.523. The van der Waals surface area contributed by atoms with E-state index in [1.54, 1.807) is 0 Å². The van der Waals surface area contributed by atoms with Crippen LogP contribution in [0.5, 0.6) is 0 Å². The van der Waals surface area contributed by atoms with Crippen LogP contribution in [-0.2, 0) is 0 Å². The van der Waals surface area contributed by atoms with E-state index in [1.165, 1.54) is 5.56 Å². The van der Waals surface area contributed by atoms with Gasteiger partial charge in [-0.1, -0.05) is 13.8 Å². The second kappa shape index (κ2) is 3.55. The molecule has 0 saturated heterocycles. The molecule has 1 aromatic rings. The van der Waals surface area contributed by atoms with E-state index < -0.39 is 0 Å². The van der Waals surface area contributed by atoms with Gasteiger partial charge in [-0.25, -0.2) is 0 Å². The molecule has 0 unspecified atom stereocenters. The molecule has 11 heavy (non-hydrogen) atoms. The fourth-order valence-corrected chi connectivity index (χ4v) is 1.62. The van der Waals surface area contributed by atoms with Crippen molar-refractivity contribution in [2.24, 2.45) is 0 Å². The minimum Gasteiger partial charge on any atom is -0.143 e. The van der Waals surface area contributed by atoms with Crippen molar-refractivity contribution in [1.82, 2.24) is 0 Å². The summed E-state index contributed by atoms with van der Waals surface area (Å²) in [6.07, 6.45) is 0. The first-order valence-corrected chi connectivity index (χ1v) is 4.52. The summed E-state index contributed by atoms with van der Waals surface area (Å²) in [7, 11) is 0. The van der Waals surface area contributed by atoms with Gasteiger partial charge in [0.05, 0.1) is 0 Å². The quantitative estimate of drug-likeness (QED) is 0.614. The largest absolute Gasteiger partial charge is 0.143 e. The average Bonchev–Trinajstić information content (AvgIpc) is 1.94. The van der Waals surface area contributed by atoms with E-state index in [0.717, 1.165) is 9.79 Å². The van der Waals surface area contributed by atoms with Crippen LogP contribution >= 0.6 is 25.3 Å². The van der Waals surface area contributed by atoms with Crippen molar-refractivity contribution in [3.63, 3.8) is 0 Å². The summed E-state index contributed by atoms with van der Waals surface area (Å²) >= 11 is 8.61. The van der Waals surface area contributed by atoms with Crippen molar-refractivity contribution >= 4 is 25.3 Å². The number of hydrogen-bond donors (Lipinski definition) is 2. The SMILES string of the molecule is CC(C)c1cc(S)ccc1S. The standard InChI is InChI=1S/C9H12S2/c1-6(2)8-5-7(10)3-4-9(8)11/h3-6,10-11H,1-2H3. The Labute approximate surface area is 78.8 Å². The van der Waals surface area contributed by atoms with Crippen LogP contribution in [0.15, 0.2) is 28.0 Å². The Morgan fingerprint density at radius 2 is 1.82 bits per heavy atom. The van der Waals surface area contributed by atoms with Crippen molar-refractivity contribution in [2.45, 2.75) is 29.6 Å². The van der Waals surface area contributed by atoms with Crippen LogP contribution in [0.1, 0.15) is 25.3 Å². The Morgan fingerprint density at radius 3 is 2.27 bits per heavy atom. The molecule has 2 heteroatoms. The maximum atomic E-state index is 4.35. The van der Waals surface area contributed by atoms with Gasteiger partial charge >= 0.3 is 0 Å². The van der Waals surface area contributed by atoms with Crippen LogP contribution in [0.3, 0.4) is 0 Å². The van der Waals surface area contributed by atoms with Gasteiger partial charge in [0.15, 0.2) is 0 Å². The Balaban J connectivity index is 3.13. The van der Waals surface area contributed by atoms with Gasteiger partial charge in [-0.05, 0) is 29.7 Å². The van der Waals surface area contributed by atoms with Gasteiger partial charge in [-0.3, -0.25) is 0 Å². The molecular weight excluding hydrogens is 172 g/mol. The second-order valence-electron chi connectivity index (χ2n) is 2.90. The average molecular weight is 184 g/mol. The lowest BCUT2D eigenvalue weighted by Crippen LogP contribution is -1.88. The Bertz CT molecular complexity index is 254. The van der Waals surface area contributed by atoms with Crippen molar-refractivity contribution < 1.29 is 0 Å². The fourth-order valence-electron chi connectivity index (χ4n) is 1.00. The Hall–Kier alpha value is -0.0800. The number of hydrogen-bond acceptors (Lipinski definition) is 2. The summed E-state index contributed by atoms with van der Waals surface area (Å²) in [6, 6.07) is 6.01. The summed E-state index contributed by atoms with van der Waals surface area (Å²) < 4.78 is 0. The molecule has 0 heterocycles. The highest BCUT2D eigenvalue weighted by atomic mass is 32.1. The lowest BCUT2D eigenvalue weighted by Gasteiger charge is -2.08. The third kappa shape index (κ3) is 2.17. The highest BCUT2D eigenvalue weighted by molar-refractivity contribution is 7.80. The molecule has 0 aliphatic heterocycles. The van der Waals surface area contributed by atoms with Gasteiger partial charge in [0.2, 0.25) is 0 Å². The predicted molar refractivity (Wildman–Crippen MR) is 55.0 cm³/mol. The molecule has 0 spiro atoms. The molecule has 0 atom stereocenters. The molecule has 0 N–H and O–H groups in total. The van der Waals surface area contributed by atoms with Crippen LogP contribution in [0, 0.1) is 0 Å². The third-order valence-electron chi connectivity index (χ3n) is 1.63. The molecule has 0 radical (unpaired) electrons. The smallest absolute Gasteiger partial charge is 0.00754 e. The highest BCUT2D eigenvalue weighted by Crippen LogP contribution is 2.24. The first kappa shape index (κ1) is 9.01. The van der Waals surface area contributed by atoms with Gasteiger partial charge in [0.25, 0.3) is 0 Å². The summed E-state index contributed by atoms with van der Waals surface area (Å²) in [5.41, 5.74) is 1.26. The lowest BCUT2D eigenvalue weighted by atomic mass is 10.0. The van der Waals surface area contributed by atoms with Gasteiger partial charge in [0, 0.05) is 9.79 Å². The molecule has 0 amide bonds. The molecule has 0 saturated carbocycles. The van der Waals surface area contributed by atoms with Gasteiger partial charge in [-0.2, -0.15) is 0 Å². The van der Waals surface area contributed by atoms with Crippen molar-refractivity contribution in [3.8, 4) is 0 Å². The molecule has 0 aromatic heterocycles. The molecule has 0 bridgehead atoms. The third-order valence-corrected chi connectivity index (χ3v) is 2.32. The molecule has 60 valence electrons. The van der Waals surface area contributed by atoms with E-state index in [2.05, 4.69) is 45.2 Å². The minimum atomic E-state index is 0.523.